The Morgan fingerprint density at radius 2 is 1.69 bits per heavy atom. The molecule has 0 unspecified atom stereocenters. The second-order valence-corrected chi connectivity index (χ2v) is 7.76. The Balaban J connectivity index is 1.90. The third-order valence-corrected chi connectivity index (χ3v) is 5.63. The maximum atomic E-state index is 13.5. The Morgan fingerprint density at radius 1 is 0.972 bits per heavy atom. The Bertz CT molecular complexity index is 1470. The predicted molar refractivity (Wildman–Crippen MR) is 132 cm³/mol. The van der Waals surface area contributed by atoms with E-state index in [1.54, 1.807) is 54.5 Å². The van der Waals surface area contributed by atoms with Crippen molar-refractivity contribution in [2.24, 2.45) is 7.05 Å². The summed E-state index contributed by atoms with van der Waals surface area (Å²) in [5.74, 6) is -0.229. The van der Waals surface area contributed by atoms with Crippen molar-refractivity contribution in [3.05, 3.63) is 77.4 Å². The minimum absolute atomic E-state index is 0.00766. The molecular weight excluding hydrogens is 460 g/mol. The van der Waals surface area contributed by atoms with E-state index in [0.29, 0.717) is 17.1 Å². The Kier molecular flexibility index (Phi) is 6.83. The number of hydrogen-bond acceptors (Lipinski definition) is 8. The highest BCUT2D eigenvalue weighted by Gasteiger charge is 2.28. The van der Waals surface area contributed by atoms with Gasteiger partial charge in [-0.3, -0.25) is 9.67 Å². The monoisotopic (exact) mass is 484 g/mol. The summed E-state index contributed by atoms with van der Waals surface area (Å²) >= 11 is 0. The molecule has 0 aliphatic heterocycles. The molecule has 1 aromatic carbocycles. The molecule has 4 rings (SSSR count). The summed E-state index contributed by atoms with van der Waals surface area (Å²) in [5.41, 5.74) is 3.20. The molecule has 10 heteroatoms. The average molecular weight is 485 g/mol. The van der Waals surface area contributed by atoms with Gasteiger partial charge in [-0.05, 0) is 44.2 Å². The fourth-order valence-electron chi connectivity index (χ4n) is 3.79. The quantitative estimate of drug-likeness (QED) is 0.219. The molecule has 0 fully saturated rings. The second kappa shape index (κ2) is 10.1. The van der Waals surface area contributed by atoms with Crippen LogP contribution in [0.1, 0.15) is 27.3 Å². The first-order valence-electron chi connectivity index (χ1n) is 10.9. The van der Waals surface area contributed by atoms with E-state index in [4.69, 9.17) is 14.2 Å². The van der Waals surface area contributed by atoms with Crippen molar-refractivity contribution in [1.29, 1.82) is 5.26 Å². The number of benzene rings is 1. The molecular formula is C26H24N6O4. The topological polar surface area (TPSA) is 117 Å². The van der Waals surface area contributed by atoms with E-state index in [-0.39, 0.29) is 28.5 Å². The van der Waals surface area contributed by atoms with Gasteiger partial charge in [0.05, 0.1) is 25.6 Å². The van der Waals surface area contributed by atoms with Gasteiger partial charge in [0, 0.05) is 25.0 Å². The number of aromatic nitrogens is 5. The third kappa shape index (κ3) is 4.42. The lowest BCUT2D eigenvalue weighted by molar-refractivity contribution is 0.0683. The molecule has 3 aromatic heterocycles. The molecule has 182 valence electrons. The molecule has 0 bridgehead atoms. The van der Waals surface area contributed by atoms with Crippen molar-refractivity contribution >= 4 is 17.4 Å². The minimum Gasteiger partial charge on any atom is -0.496 e. The number of methoxy groups -OCH3 is 2. The van der Waals surface area contributed by atoms with Crippen LogP contribution in [0, 0.1) is 25.2 Å². The molecule has 0 aliphatic carbocycles. The summed E-state index contributed by atoms with van der Waals surface area (Å²) in [6.07, 6.45) is 3.27. The summed E-state index contributed by atoms with van der Waals surface area (Å²) in [6, 6.07) is 14.3. The highest BCUT2D eigenvalue weighted by atomic mass is 16.5. The number of rotatable bonds is 7. The van der Waals surface area contributed by atoms with Crippen LogP contribution in [0.4, 0.5) is 0 Å². The first-order valence-corrected chi connectivity index (χ1v) is 10.9. The van der Waals surface area contributed by atoms with Gasteiger partial charge in [0.2, 0.25) is 0 Å². The number of carbonyl (C=O) groups excluding carboxylic acids is 1. The molecule has 0 N–H and O–H groups in total. The first-order chi connectivity index (χ1) is 17.4. The van der Waals surface area contributed by atoms with Gasteiger partial charge in [0.25, 0.3) is 0 Å². The molecule has 0 saturated carbocycles. The molecule has 0 spiro atoms. The van der Waals surface area contributed by atoms with Crippen molar-refractivity contribution < 1.29 is 19.0 Å². The first kappa shape index (κ1) is 24.2. The number of nitrogens with zero attached hydrogens (tertiary/aromatic N) is 6. The smallest absolute Gasteiger partial charge is 0.351 e. The number of esters is 1. The Morgan fingerprint density at radius 3 is 2.25 bits per heavy atom. The summed E-state index contributed by atoms with van der Waals surface area (Å²) in [4.78, 5) is 17.8. The van der Waals surface area contributed by atoms with Gasteiger partial charge in [-0.1, -0.05) is 12.1 Å². The van der Waals surface area contributed by atoms with E-state index >= 15 is 0 Å². The average Bonchev–Trinajstić information content (AvgIpc) is 3.47. The van der Waals surface area contributed by atoms with Crippen molar-refractivity contribution in [2.45, 2.75) is 13.8 Å². The van der Waals surface area contributed by atoms with Crippen LogP contribution in [-0.4, -0.2) is 44.7 Å². The van der Waals surface area contributed by atoms with Gasteiger partial charge >= 0.3 is 5.97 Å². The van der Waals surface area contributed by atoms with Crippen molar-refractivity contribution in [1.82, 2.24) is 24.5 Å². The molecule has 0 atom stereocenters. The molecule has 36 heavy (non-hydrogen) atoms. The zero-order chi connectivity index (χ0) is 25.8. The molecule has 4 aromatic rings. The lowest BCUT2D eigenvalue weighted by Crippen LogP contribution is -2.14. The van der Waals surface area contributed by atoms with E-state index in [0.717, 1.165) is 11.3 Å². The predicted octanol–water partition coefficient (Wildman–Crippen LogP) is 4.02. The Labute approximate surface area is 208 Å². The lowest BCUT2D eigenvalue weighted by Gasteiger charge is -2.16. The van der Waals surface area contributed by atoms with Gasteiger partial charge in [-0.25, -0.2) is 9.48 Å². The normalized spacial score (nSPS) is 11.4. The third-order valence-electron chi connectivity index (χ3n) is 5.63. The van der Waals surface area contributed by atoms with Gasteiger partial charge in [-0.15, -0.1) is 0 Å². The number of pyridine rings is 1. The molecule has 0 saturated heterocycles. The van der Waals surface area contributed by atoms with Gasteiger partial charge in [0.15, 0.2) is 11.5 Å². The van der Waals surface area contributed by atoms with Gasteiger partial charge < -0.3 is 14.2 Å². The number of hydrogen-bond donors (Lipinski definition) is 0. The zero-order valence-electron chi connectivity index (χ0n) is 20.5. The van der Waals surface area contributed by atoms with Crippen LogP contribution in [0.5, 0.6) is 11.5 Å². The maximum Gasteiger partial charge on any atom is 0.351 e. The number of nitriles is 1. The van der Waals surface area contributed by atoms with Crippen LogP contribution < -0.4 is 9.47 Å². The highest BCUT2D eigenvalue weighted by Crippen LogP contribution is 2.33. The molecule has 0 amide bonds. The summed E-state index contributed by atoms with van der Waals surface area (Å²) in [5, 5.41) is 19.2. The maximum absolute atomic E-state index is 13.5. The van der Waals surface area contributed by atoms with E-state index in [1.165, 1.54) is 18.9 Å². The molecule has 0 aliphatic rings. The molecule has 10 nitrogen and oxygen atoms in total. The van der Waals surface area contributed by atoms with Crippen LogP contribution in [0.15, 0.2) is 54.9 Å². The van der Waals surface area contributed by atoms with Crippen molar-refractivity contribution in [3.8, 4) is 29.0 Å². The van der Waals surface area contributed by atoms with Crippen LogP contribution in [-0.2, 0) is 11.8 Å². The van der Waals surface area contributed by atoms with E-state index < -0.39 is 5.97 Å². The van der Waals surface area contributed by atoms with Gasteiger partial charge in [-0.2, -0.15) is 15.5 Å². The van der Waals surface area contributed by atoms with Crippen molar-refractivity contribution in [2.75, 3.05) is 14.2 Å². The highest BCUT2D eigenvalue weighted by molar-refractivity contribution is 6.01. The standard InChI is InChI=1S/C26H24N6O4/c1-16-17(2)29-31(3)24(16)25(36-26(33)23-21(34-4)10-8-11-22(23)35-5)20(15-27)32-14-12-19(30-32)18-9-6-7-13-28-18/h6-14H,1-5H3. The molecule has 0 radical (unpaired) electrons. The van der Waals surface area contributed by atoms with E-state index in [9.17, 15) is 10.1 Å². The Hall–Kier alpha value is -4.91. The van der Waals surface area contributed by atoms with E-state index in [1.807, 2.05) is 26.0 Å². The molecule has 3 heterocycles. The number of allylic oxidation sites excluding steroid dienone is 1. The zero-order valence-corrected chi connectivity index (χ0v) is 20.5. The van der Waals surface area contributed by atoms with E-state index in [2.05, 4.69) is 21.3 Å². The van der Waals surface area contributed by atoms with Crippen LogP contribution in [0.2, 0.25) is 0 Å². The summed E-state index contributed by atoms with van der Waals surface area (Å²) in [6.45, 7) is 3.67. The second-order valence-electron chi connectivity index (χ2n) is 7.76. The largest absolute Gasteiger partial charge is 0.496 e. The van der Waals surface area contributed by atoms with Crippen LogP contribution >= 0.6 is 0 Å². The summed E-state index contributed by atoms with van der Waals surface area (Å²) < 4.78 is 19.6. The van der Waals surface area contributed by atoms with Crippen molar-refractivity contribution in [3.63, 3.8) is 0 Å². The fourth-order valence-corrected chi connectivity index (χ4v) is 3.79. The number of aryl methyl sites for hydroxylation is 2. The lowest BCUT2D eigenvalue weighted by atomic mass is 10.1. The number of ether oxygens (including phenoxy) is 3. The SMILES string of the molecule is COc1cccc(OC)c1C(=O)OC(=C(C#N)n1ccc(-c2ccccn2)n1)c1c(C)c(C)nn1C. The van der Waals surface area contributed by atoms with Gasteiger partial charge in [0.1, 0.15) is 34.5 Å². The number of carbonyl (C=O) groups is 1. The summed E-state index contributed by atoms with van der Waals surface area (Å²) in [7, 11) is 4.60. The van der Waals surface area contributed by atoms with Crippen LogP contribution in [0.25, 0.3) is 22.8 Å². The van der Waals surface area contributed by atoms with Crippen LogP contribution in [0.3, 0.4) is 0 Å². The fraction of sp³-hybridized carbons (Fsp3) is 0.192. The minimum atomic E-state index is -0.762.